The van der Waals surface area contributed by atoms with E-state index in [4.69, 9.17) is 11.6 Å². The van der Waals surface area contributed by atoms with Crippen LogP contribution in [0.15, 0.2) is 0 Å². The second kappa shape index (κ2) is 7.64. The van der Waals surface area contributed by atoms with E-state index in [0.29, 0.717) is 6.04 Å². The van der Waals surface area contributed by atoms with Gasteiger partial charge < -0.3 is 5.32 Å². The molecule has 1 aromatic rings. The Morgan fingerprint density at radius 2 is 2.14 bits per heavy atom. The van der Waals surface area contributed by atoms with E-state index >= 15 is 0 Å². The molecule has 1 fully saturated rings. The molecular formula is C17H30ClN3. The number of hydrogen-bond acceptors (Lipinski definition) is 2. The van der Waals surface area contributed by atoms with Crippen molar-refractivity contribution in [2.24, 2.45) is 18.9 Å². The van der Waals surface area contributed by atoms with Crippen molar-refractivity contribution in [3.05, 3.63) is 16.4 Å². The minimum absolute atomic E-state index is 0.528. The molecule has 1 heterocycles. The zero-order chi connectivity index (χ0) is 15.4. The molecule has 0 amide bonds. The van der Waals surface area contributed by atoms with Crippen LogP contribution in [0, 0.1) is 11.8 Å². The quantitative estimate of drug-likeness (QED) is 0.825. The van der Waals surface area contributed by atoms with E-state index in [1.165, 1.54) is 31.4 Å². The van der Waals surface area contributed by atoms with Crippen LogP contribution in [0.4, 0.5) is 0 Å². The van der Waals surface area contributed by atoms with Crippen LogP contribution in [0.5, 0.6) is 0 Å². The third kappa shape index (κ3) is 3.81. The number of aryl methyl sites for hydroxylation is 2. The highest BCUT2D eigenvalue weighted by atomic mass is 35.5. The molecule has 3 unspecified atom stereocenters. The Labute approximate surface area is 134 Å². The maximum Gasteiger partial charge on any atom is 0.0850 e. The van der Waals surface area contributed by atoms with Crippen molar-refractivity contribution < 1.29 is 0 Å². The Morgan fingerprint density at radius 1 is 1.38 bits per heavy atom. The molecule has 0 radical (unpaired) electrons. The van der Waals surface area contributed by atoms with Gasteiger partial charge in [0.1, 0.15) is 0 Å². The molecule has 0 aliphatic heterocycles. The van der Waals surface area contributed by atoms with Gasteiger partial charge in [-0.3, -0.25) is 4.68 Å². The largest absolute Gasteiger partial charge is 0.313 e. The Kier molecular flexibility index (Phi) is 6.12. The van der Waals surface area contributed by atoms with Crippen LogP contribution in [0.2, 0.25) is 5.02 Å². The molecule has 1 aromatic heterocycles. The van der Waals surface area contributed by atoms with Gasteiger partial charge in [0.25, 0.3) is 0 Å². The van der Waals surface area contributed by atoms with Gasteiger partial charge in [-0.2, -0.15) is 5.10 Å². The van der Waals surface area contributed by atoms with Gasteiger partial charge >= 0.3 is 0 Å². The van der Waals surface area contributed by atoms with E-state index in [-0.39, 0.29) is 0 Å². The van der Waals surface area contributed by atoms with Gasteiger partial charge in [-0.1, -0.05) is 45.2 Å². The maximum absolute atomic E-state index is 6.54. The van der Waals surface area contributed by atoms with Crippen LogP contribution in [0.1, 0.15) is 57.8 Å². The lowest BCUT2D eigenvalue weighted by Gasteiger charge is -2.28. The van der Waals surface area contributed by atoms with Gasteiger partial charge in [-0.05, 0) is 37.6 Å². The summed E-state index contributed by atoms with van der Waals surface area (Å²) in [5.74, 6) is 1.59. The second-order valence-electron chi connectivity index (χ2n) is 6.52. The third-order valence-electron chi connectivity index (χ3n) is 5.02. The van der Waals surface area contributed by atoms with Gasteiger partial charge in [0, 0.05) is 19.5 Å². The summed E-state index contributed by atoms with van der Waals surface area (Å²) in [6.45, 7) is 7.84. The fourth-order valence-electron chi connectivity index (χ4n) is 3.73. The maximum atomic E-state index is 6.54. The van der Waals surface area contributed by atoms with Crippen molar-refractivity contribution in [2.75, 3.05) is 6.54 Å². The minimum Gasteiger partial charge on any atom is -0.313 e. The van der Waals surface area contributed by atoms with Crippen molar-refractivity contribution in [3.8, 4) is 0 Å². The molecule has 1 aliphatic rings. The first-order chi connectivity index (χ1) is 10.1. The summed E-state index contributed by atoms with van der Waals surface area (Å²) in [5.41, 5.74) is 2.23. The molecule has 0 bridgehead atoms. The molecule has 1 saturated carbocycles. The van der Waals surface area contributed by atoms with Gasteiger partial charge in [-0.15, -0.1) is 0 Å². The number of nitrogens with one attached hydrogen (secondary N) is 1. The first kappa shape index (κ1) is 16.8. The monoisotopic (exact) mass is 311 g/mol. The molecular weight excluding hydrogens is 282 g/mol. The molecule has 0 spiro atoms. The third-order valence-corrected chi connectivity index (χ3v) is 5.45. The van der Waals surface area contributed by atoms with Crippen molar-refractivity contribution in [3.63, 3.8) is 0 Å². The van der Waals surface area contributed by atoms with Gasteiger partial charge in [0.15, 0.2) is 0 Å². The number of halogens is 1. The second-order valence-corrected chi connectivity index (χ2v) is 6.90. The van der Waals surface area contributed by atoms with E-state index in [1.807, 2.05) is 11.7 Å². The van der Waals surface area contributed by atoms with Crippen LogP contribution in [0.3, 0.4) is 0 Å². The lowest BCUT2D eigenvalue weighted by molar-refractivity contribution is 0.292. The summed E-state index contributed by atoms with van der Waals surface area (Å²) >= 11 is 6.54. The van der Waals surface area contributed by atoms with Crippen LogP contribution in [-0.4, -0.2) is 22.4 Å². The summed E-state index contributed by atoms with van der Waals surface area (Å²) in [6.07, 6.45) is 7.16. The van der Waals surface area contributed by atoms with Gasteiger partial charge in [-0.25, -0.2) is 0 Å². The van der Waals surface area contributed by atoms with E-state index < -0.39 is 0 Å². The predicted octanol–water partition coefficient (Wildman–Crippen LogP) is 3.98. The van der Waals surface area contributed by atoms with E-state index in [2.05, 4.69) is 31.2 Å². The lowest BCUT2D eigenvalue weighted by atomic mass is 9.87. The standard InChI is InChI=1S/C17H30ClN3/c1-5-10-19-15(13-9-7-8-12(13)3)11-16-17(18)14(6-2)20-21(16)4/h12-13,15,19H,5-11H2,1-4H3. The molecule has 1 N–H and O–H groups in total. The van der Waals surface area contributed by atoms with Crippen LogP contribution in [-0.2, 0) is 19.9 Å². The molecule has 3 atom stereocenters. The number of nitrogens with zero attached hydrogens (tertiary/aromatic N) is 2. The first-order valence-corrected chi connectivity index (χ1v) is 8.89. The molecule has 4 heteroatoms. The van der Waals surface area contributed by atoms with Gasteiger partial charge in [0.2, 0.25) is 0 Å². The Bertz CT molecular complexity index is 455. The molecule has 0 aromatic carbocycles. The molecule has 1 aliphatic carbocycles. The zero-order valence-electron chi connectivity index (χ0n) is 14.0. The summed E-state index contributed by atoms with van der Waals surface area (Å²) in [4.78, 5) is 0. The normalized spacial score (nSPS) is 23.7. The topological polar surface area (TPSA) is 29.9 Å². The molecule has 0 saturated heterocycles. The highest BCUT2D eigenvalue weighted by Crippen LogP contribution is 2.35. The first-order valence-electron chi connectivity index (χ1n) is 8.52. The van der Waals surface area contributed by atoms with Crippen molar-refractivity contribution in [1.29, 1.82) is 0 Å². The summed E-state index contributed by atoms with van der Waals surface area (Å²) in [7, 11) is 2.02. The molecule has 120 valence electrons. The summed E-state index contributed by atoms with van der Waals surface area (Å²) < 4.78 is 1.99. The van der Waals surface area contributed by atoms with Crippen molar-refractivity contribution >= 4 is 11.6 Å². The van der Waals surface area contributed by atoms with Crippen molar-refractivity contribution in [1.82, 2.24) is 15.1 Å². The highest BCUT2D eigenvalue weighted by Gasteiger charge is 2.32. The lowest BCUT2D eigenvalue weighted by Crippen LogP contribution is -2.40. The zero-order valence-corrected chi connectivity index (χ0v) is 14.7. The van der Waals surface area contributed by atoms with Crippen molar-refractivity contribution in [2.45, 2.75) is 65.3 Å². The number of aromatic nitrogens is 2. The average molecular weight is 312 g/mol. The van der Waals surface area contributed by atoms with Gasteiger partial charge in [0.05, 0.1) is 16.4 Å². The summed E-state index contributed by atoms with van der Waals surface area (Å²) in [5, 5.41) is 9.22. The van der Waals surface area contributed by atoms with E-state index in [0.717, 1.165) is 41.9 Å². The van der Waals surface area contributed by atoms with Crippen LogP contribution >= 0.6 is 11.6 Å². The number of hydrogen-bond donors (Lipinski definition) is 1. The Morgan fingerprint density at radius 3 is 2.67 bits per heavy atom. The smallest absolute Gasteiger partial charge is 0.0850 e. The fraction of sp³-hybridized carbons (Fsp3) is 0.824. The SMILES string of the molecule is CCCNC(Cc1c(Cl)c(CC)nn1C)C1CCCC1C. The number of rotatable bonds is 7. The molecule has 2 rings (SSSR count). The van der Waals surface area contributed by atoms with Crippen LogP contribution < -0.4 is 5.32 Å². The Hall–Kier alpha value is -0.540. The summed E-state index contributed by atoms with van der Waals surface area (Å²) in [6, 6.07) is 0.528. The predicted molar refractivity (Wildman–Crippen MR) is 89.9 cm³/mol. The van der Waals surface area contributed by atoms with E-state index in [1.54, 1.807) is 0 Å². The minimum atomic E-state index is 0.528. The molecule has 21 heavy (non-hydrogen) atoms. The average Bonchev–Trinajstić information content (AvgIpc) is 3.00. The fourth-order valence-corrected chi connectivity index (χ4v) is 4.10. The van der Waals surface area contributed by atoms with E-state index in [9.17, 15) is 0 Å². The van der Waals surface area contributed by atoms with Crippen LogP contribution in [0.25, 0.3) is 0 Å². The highest BCUT2D eigenvalue weighted by molar-refractivity contribution is 6.31. The Balaban J connectivity index is 2.16. The molecule has 3 nitrogen and oxygen atoms in total.